The van der Waals surface area contributed by atoms with Crippen molar-refractivity contribution in [2.45, 2.75) is 25.0 Å². The Balaban J connectivity index is 1.26. The molecular formula is C21H21ClN2O5. The maximum absolute atomic E-state index is 12.9. The van der Waals surface area contributed by atoms with E-state index in [1.165, 1.54) is 6.20 Å². The van der Waals surface area contributed by atoms with Crippen LogP contribution >= 0.6 is 11.6 Å². The lowest BCUT2D eigenvalue weighted by Gasteiger charge is -2.35. The number of aliphatic hydroxyl groups is 1. The normalized spacial score (nSPS) is 27.6. The van der Waals surface area contributed by atoms with Gasteiger partial charge in [0.2, 0.25) is 6.79 Å². The number of ether oxygens (including phenoxy) is 3. The van der Waals surface area contributed by atoms with E-state index >= 15 is 0 Å². The highest BCUT2D eigenvalue weighted by Crippen LogP contribution is 2.40. The molecular weight excluding hydrogens is 396 g/mol. The van der Waals surface area contributed by atoms with Gasteiger partial charge in [0, 0.05) is 31.5 Å². The molecule has 5 rings (SSSR count). The lowest BCUT2D eigenvalue weighted by atomic mass is 9.78. The van der Waals surface area contributed by atoms with E-state index in [0.29, 0.717) is 53.8 Å². The zero-order chi connectivity index (χ0) is 20.0. The quantitative estimate of drug-likeness (QED) is 0.828. The van der Waals surface area contributed by atoms with Crippen molar-refractivity contribution < 1.29 is 24.1 Å². The summed E-state index contributed by atoms with van der Waals surface area (Å²) in [7, 11) is 0. The van der Waals surface area contributed by atoms with Crippen molar-refractivity contribution in [3.63, 3.8) is 0 Å². The van der Waals surface area contributed by atoms with E-state index in [4.69, 9.17) is 25.8 Å². The Kier molecular flexibility index (Phi) is 4.72. The van der Waals surface area contributed by atoms with Gasteiger partial charge in [-0.25, -0.2) is 0 Å². The van der Waals surface area contributed by atoms with Crippen molar-refractivity contribution in [2.24, 2.45) is 11.8 Å². The van der Waals surface area contributed by atoms with Gasteiger partial charge in [-0.1, -0.05) is 11.6 Å². The summed E-state index contributed by atoms with van der Waals surface area (Å²) in [5.41, 5.74) is 0.467. The molecule has 4 atom stereocenters. The van der Waals surface area contributed by atoms with Gasteiger partial charge in [-0.15, -0.1) is 0 Å². The SMILES string of the molecule is O=C(c1ccncc1Cl)N1C[C@H]2C[C@@H](Oc3ccc4c(c3)OCO4)[C@H](O)C[C@H]2C1. The number of halogens is 1. The van der Waals surface area contributed by atoms with Crippen LogP contribution in [0.4, 0.5) is 0 Å². The smallest absolute Gasteiger partial charge is 0.255 e. The minimum absolute atomic E-state index is 0.0884. The van der Waals surface area contributed by atoms with E-state index in [-0.39, 0.29) is 30.6 Å². The largest absolute Gasteiger partial charge is 0.488 e. The van der Waals surface area contributed by atoms with E-state index in [1.54, 1.807) is 18.3 Å². The Bertz CT molecular complexity index is 939. The Labute approximate surface area is 173 Å². The van der Waals surface area contributed by atoms with Crippen LogP contribution in [0.25, 0.3) is 0 Å². The van der Waals surface area contributed by atoms with Gasteiger partial charge in [-0.2, -0.15) is 0 Å². The van der Waals surface area contributed by atoms with Gasteiger partial charge >= 0.3 is 0 Å². The molecule has 3 aliphatic rings. The van der Waals surface area contributed by atoms with Gasteiger partial charge < -0.3 is 24.2 Å². The molecule has 1 aliphatic carbocycles. The standard InChI is InChI=1S/C21H21ClN2O5/c22-16-8-23-4-3-15(16)21(26)24-9-12-5-17(25)19(6-13(12)10-24)29-14-1-2-18-20(7-14)28-11-27-18/h1-4,7-8,12-13,17,19,25H,5-6,9-11H2/t12-,13+,17+,19+/m0/s1. The number of carbonyl (C=O) groups is 1. The van der Waals surface area contributed by atoms with E-state index in [9.17, 15) is 9.90 Å². The molecule has 3 heterocycles. The minimum atomic E-state index is -0.582. The summed E-state index contributed by atoms with van der Waals surface area (Å²) in [5, 5.41) is 11.0. The molecule has 1 amide bonds. The summed E-state index contributed by atoms with van der Waals surface area (Å²) in [6, 6.07) is 7.07. The Morgan fingerprint density at radius 1 is 1.17 bits per heavy atom. The van der Waals surface area contributed by atoms with Crippen LogP contribution in [0.2, 0.25) is 5.02 Å². The maximum Gasteiger partial charge on any atom is 0.255 e. The molecule has 29 heavy (non-hydrogen) atoms. The molecule has 1 N–H and O–H groups in total. The minimum Gasteiger partial charge on any atom is -0.488 e. The number of fused-ring (bicyclic) bond motifs is 2. The highest BCUT2D eigenvalue weighted by molar-refractivity contribution is 6.33. The zero-order valence-electron chi connectivity index (χ0n) is 15.7. The highest BCUT2D eigenvalue weighted by Gasteiger charge is 2.44. The van der Waals surface area contributed by atoms with E-state index in [1.807, 2.05) is 17.0 Å². The van der Waals surface area contributed by atoms with Gasteiger partial charge in [0.1, 0.15) is 11.9 Å². The number of aromatic nitrogens is 1. The third-order valence-electron chi connectivity index (χ3n) is 6.01. The first-order valence-corrected chi connectivity index (χ1v) is 10.1. The number of amides is 1. The number of benzene rings is 1. The molecule has 0 spiro atoms. The molecule has 2 fully saturated rings. The van der Waals surface area contributed by atoms with Crippen molar-refractivity contribution in [2.75, 3.05) is 19.9 Å². The lowest BCUT2D eigenvalue weighted by molar-refractivity contribution is -0.0232. The molecule has 1 saturated heterocycles. The fourth-order valence-electron chi connectivity index (χ4n) is 4.53. The lowest BCUT2D eigenvalue weighted by Crippen LogP contribution is -2.42. The van der Waals surface area contributed by atoms with Gasteiger partial charge in [-0.3, -0.25) is 9.78 Å². The summed E-state index contributed by atoms with van der Waals surface area (Å²) in [4.78, 5) is 18.6. The topological polar surface area (TPSA) is 81.1 Å². The Morgan fingerprint density at radius 3 is 2.79 bits per heavy atom. The van der Waals surface area contributed by atoms with Crippen molar-refractivity contribution in [3.8, 4) is 17.2 Å². The predicted molar refractivity (Wildman–Crippen MR) is 104 cm³/mol. The van der Waals surface area contributed by atoms with E-state index in [0.717, 1.165) is 0 Å². The summed E-state index contributed by atoms with van der Waals surface area (Å²) in [5.74, 6) is 2.44. The average Bonchev–Trinajstić information content (AvgIpc) is 3.34. The van der Waals surface area contributed by atoms with Crippen LogP contribution in [-0.4, -0.2) is 53.0 Å². The summed E-state index contributed by atoms with van der Waals surface area (Å²) in [6.45, 7) is 1.46. The predicted octanol–water partition coefficient (Wildman–Crippen LogP) is 2.75. The van der Waals surface area contributed by atoms with Crippen molar-refractivity contribution in [1.29, 1.82) is 0 Å². The molecule has 0 unspecified atom stereocenters. The van der Waals surface area contributed by atoms with Crippen molar-refractivity contribution in [1.82, 2.24) is 9.88 Å². The van der Waals surface area contributed by atoms with Crippen LogP contribution in [-0.2, 0) is 0 Å². The fraction of sp³-hybridized carbons (Fsp3) is 0.429. The van der Waals surface area contributed by atoms with Gasteiger partial charge in [0.15, 0.2) is 11.5 Å². The summed E-state index contributed by atoms with van der Waals surface area (Å²) >= 11 is 6.14. The molecule has 2 aromatic rings. The Morgan fingerprint density at radius 2 is 1.97 bits per heavy atom. The number of rotatable bonds is 3. The number of carbonyl (C=O) groups excluding carboxylic acids is 1. The maximum atomic E-state index is 12.9. The van der Waals surface area contributed by atoms with Gasteiger partial charge in [0.25, 0.3) is 5.91 Å². The molecule has 2 aliphatic heterocycles. The summed E-state index contributed by atoms with van der Waals surface area (Å²) in [6.07, 6.45) is 3.44. The fourth-order valence-corrected chi connectivity index (χ4v) is 4.73. The van der Waals surface area contributed by atoms with Gasteiger partial charge in [0.05, 0.1) is 16.7 Å². The third-order valence-corrected chi connectivity index (χ3v) is 6.31. The van der Waals surface area contributed by atoms with Gasteiger partial charge in [-0.05, 0) is 42.9 Å². The number of aliphatic hydroxyl groups excluding tert-OH is 1. The monoisotopic (exact) mass is 416 g/mol. The number of likely N-dealkylation sites (tertiary alicyclic amines) is 1. The van der Waals surface area contributed by atoms with E-state index < -0.39 is 6.10 Å². The Hall–Kier alpha value is -2.51. The average molecular weight is 417 g/mol. The zero-order valence-corrected chi connectivity index (χ0v) is 16.4. The molecule has 0 bridgehead atoms. The first-order chi connectivity index (χ1) is 14.1. The second-order valence-corrected chi connectivity index (χ2v) is 8.20. The molecule has 0 radical (unpaired) electrons. The van der Waals surface area contributed by atoms with Crippen LogP contribution in [0, 0.1) is 11.8 Å². The first-order valence-electron chi connectivity index (χ1n) is 9.71. The van der Waals surface area contributed by atoms with Crippen LogP contribution in [0.1, 0.15) is 23.2 Å². The molecule has 152 valence electrons. The number of nitrogens with zero attached hydrogens (tertiary/aromatic N) is 2. The van der Waals surface area contributed by atoms with Crippen molar-refractivity contribution >= 4 is 17.5 Å². The molecule has 1 aromatic heterocycles. The molecule has 7 nitrogen and oxygen atoms in total. The first kappa shape index (κ1) is 18.5. The molecule has 1 saturated carbocycles. The van der Waals surface area contributed by atoms with Crippen LogP contribution in [0.5, 0.6) is 17.2 Å². The van der Waals surface area contributed by atoms with E-state index in [2.05, 4.69) is 4.98 Å². The third kappa shape index (κ3) is 3.49. The second-order valence-electron chi connectivity index (χ2n) is 7.80. The van der Waals surface area contributed by atoms with Crippen LogP contribution < -0.4 is 14.2 Å². The highest BCUT2D eigenvalue weighted by atomic mass is 35.5. The molecule has 1 aromatic carbocycles. The number of pyridine rings is 1. The van der Waals surface area contributed by atoms with Crippen molar-refractivity contribution in [3.05, 3.63) is 47.2 Å². The number of hydrogen-bond acceptors (Lipinski definition) is 6. The number of hydrogen-bond donors (Lipinski definition) is 1. The second kappa shape index (κ2) is 7.39. The van der Waals surface area contributed by atoms with Crippen LogP contribution in [0.3, 0.4) is 0 Å². The molecule has 8 heteroatoms. The summed E-state index contributed by atoms with van der Waals surface area (Å²) < 4.78 is 16.8. The van der Waals surface area contributed by atoms with Crippen LogP contribution in [0.15, 0.2) is 36.7 Å².